The van der Waals surface area contributed by atoms with Crippen molar-refractivity contribution >= 4 is 5.97 Å². The molecule has 11 nitrogen and oxygen atoms in total. The number of hydrogen-bond acceptors (Lipinski definition) is 11. The summed E-state index contributed by atoms with van der Waals surface area (Å²) in [7, 11) is 3.07. The summed E-state index contributed by atoms with van der Waals surface area (Å²) in [4.78, 5) is 12.0. The Morgan fingerprint density at radius 3 is 2.35 bits per heavy atom. The van der Waals surface area contributed by atoms with Crippen LogP contribution in [0.3, 0.4) is 0 Å². The summed E-state index contributed by atoms with van der Waals surface area (Å²) in [6.45, 7) is 16.6. The van der Waals surface area contributed by atoms with Gasteiger partial charge < -0.3 is 48.8 Å². The molecule has 1 aromatic rings. The van der Waals surface area contributed by atoms with Gasteiger partial charge in [0.1, 0.15) is 30.5 Å². The summed E-state index contributed by atoms with van der Waals surface area (Å²) in [5.74, 6) is -0.316. The summed E-state index contributed by atoms with van der Waals surface area (Å²) in [5.41, 5.74) is 3.10. The Labute approximate surface area is 308 Å². The average molecular weight is 729 g/mol. The monoisotopic (exact) mass is 728 g/mol. The lowest BCUT2D eigenvalue weighted by molar-refractivity contribution is -0.319. The van der Waals surface area contributed by atoms with E-state index in [1.165, 1.54) is 12.7 Å². The summed E-state index contributed by atoms with van der Waals surface area (Å²) in [6.07, 6.45) is -2.91. The van der Waals surface area contributed by atoms with Gasteiger partial charge in [-0.1, -0.05) is 56.2 Å². The summed E-state index contributed by atoms with van der Waals surface area (Å²) >= 11 is 0. The second-order valence-corrected chi connectivity index (χ2v) is 16.1. The summed E-state index contributed by atoms with van der Waals surface area (Å²) in [6, 6.07) is 7.16. The maximum absolute atomic E-state index is 12.4. The maximum Gasteiger partial charge on any atom is 0.337 e. The highest BCUT2D eigenvalue weighted by atomic mass is 16.7. The van der Waals surface area contributed by atoms with Crippen molar-refractivity contribution in [1.82, 2.24) is 0 Å². The molecule has 0 spiro atoms. The standard InChI is InChI=1S/C41H60O11/c1-10-40(5,6)50-21-30-34(43)35(44)36(45)39(51-30)52-37-32-28(22(2)3)17-31(49-19-24-11-13-25(14-12-24)38(46)48-9)41(32,7)18-29-26(20-47-8)15-16-27(29)23(4)33(37)42/h10-14,18,22-23,26-27,30-31,33-37,39,42-45H,1,15-17,19-21H2,2-9H3/b29-18-/t23-,26-,27+,30-,31+,33-,34-,35+,36-,37-,39-,41+/m1/s1. The van der Waals surface area contributed by atoms with E-state index in [9.17, 15) is 25.2 Å². The largest absolute Gasteiger partial charge is 0.465 e. The molecule has 1 heterocycles. The second kappa shape index (κ2) is 16.5. The molecule has 52 heavy (non-hydrogen) atoms. The van der Waals surface area contributed by atoms with E-state index >= 15 is 0 Å². The number of benzene rings is 1. The van der Waals surface area contributed by atoms with Crippen molar-refractivity contribution in [3.8, 4) is 0 Å². The van der Waals surface area contributed by atoms with Gasteiger partial charge in [-0.05, 0) is 81.1 Å². The molecule has 0 amide bonds. The number of rotatable bonds is 13. The lowest BCUT2D eigenvalue weighted by Crippen LogP contribution is -2.61. The van der Waals surface area contributed by atoms with Crippen molar-refractivity contribution in [2.75, 3.05) is 27.4 Å². The van der Waals surface area contributed by atoms with Gasteiger partial charge in [-0.2, -0.15) is 0 Å². The highest BCUT2D eigenvalue weighted by molar-refractivity contribution is 5.89. The smallest absolute Gasteiger partial charge is 0.337 e. The van der Waals surface area contributed by atoms with Gasteiger partial charge in [0.25, 0.3) is 0 Å². The number of ether oxygens (including phenoxy) is 6. The Kier molecular flexibility index (Phi) is 12.9. The first kappa shape index (κ1) is 40.7. The molecule has 290 valence electrons. The van der Waals surface area contributed by atoms with Crippen molar-refractivity contribution < 1.29 is 53.6 Å². The van der Waals surface area contributed by atoms with E-state index in [1.54, 1.807) is 25.3 Å². The minimum atomic E-state index is -1.59. The van der Waals surface area contributed by atoms with Crippen LogP contribution in [0.4, 0.5) is 0 Å². The van der Waals surface area contributed by atoms with Crippen LogP contribution < -0.4 is 0 Å². The lowest BCUT2D eigenvalue weighted by atomic mass is 9.68. The molecular formula is C41H60O11. The number of carbonyl (C=O) groups is 1. The Hall–Kier alpha value is -2.45. The van der Waals surface area contributed by atoms with Crippen LogP contribution in [0.1, 0.15) is 76.7 Å². The molecule has 2 fully saturated rings. The Bertz CT molecular complexity index is 1470. The van der Waals surface area contributed by atoms with Crippen LogP contribution in [0, 0.1) is 29.1 Å². The van der Waals surface area contributed by atoms with Gasteiger partial charge in [-0.15, -0.1) is 6.58 Å². The van der Waals surface area contributed by atoms with E-state index in [4.69, 9.17) is 28.4 Å². The topological polar surface area (TPSA) is 153 Å². The van der Waals surface area contributed by atoms with E-state index in [-0.39, 0.29) is 43.0 Å². The predicted octanol–water partition coefficient (Wildman–Crippen LogP) is 4.50. The molecule has 0 aromatic heterocycles. The van der Waals surface area contributed by atoms with Gasteiger partial charge in [0.05, 0.1) is 50.3 Å². The SMILES string of the molecule is C=CC(C)(C)OC[C@H]1O[C@H](O[C@@H]2C3=C(C(C)C)C[C@H](OCc4ccc(C(=O)OC)cc4)[C@]3(C)/C=C3/[C@@H](COC)CC[C@H]3[C@@H](C)[C@H]2O)[C@H](O)[C@@H](O)[C@@H]1O. The number of aliphatic hydroxyl groups excluding tert-OH is 4. The van der Waals surface area contributed by atoms with Gasteiger partial charge in [0.15, 0.2) is 6.29 Å². The fourth-order valence-electron chi connectivity index (χ4n) is 8.57. The zero-order valence-electron chi connectivity index (χ0n) is 32.0. The number of methoxy groups -OCH3 is 2. The third kappa shape index (κ3) is 8.13. The molecule has 0 bridgehead atoms. The molecule has 11 heteroatoms. The van der Waals surface area contributed by atoms with Crippen LogP contribution in [0.15, 0.2) is 59.7 Å². The quantitative estimate of drug-likeness (QED) is 0.168. The first-order valence-electron chi connectivity index (χ1n) is 18.6. The van der Waals surface area contributed by atoms with Crippen LogP contribution in [0.5, 0.6) is 0 Å². The maximum atomic E-state index is 12.4. The van der Waals surface area contributed by atoms with Gasteiger partial charge >= 0.3 is 5.97 Å². The van der Waals surface area contributed by atoms with Crippen molar-refractivity contribution in [3.05, 3.63) is 70.8 Å². The molecule has 4 N–H and O–H groups in total. The first-order chi connectivity index (χ1) is 24.6. The molecule has 1 aromatic carbocycles. The summed E-state index contributed by atoms with van der Waals surface area (Å²) in [5, 5.41) is 45.6. The Morgan fingerprint density at radius 2 is 1.73 bits per heavy atom. The van der Waals surface area contributed by atoms with Crippen molar-refractivity contribution in [3.63, 3.8) is 0 Å². The normalized spacial score (nSPS) is 37.6. The molecule has 5 rings (SSSR count). The molecule has 12 atom stereocenters. The minimum Gasteiger partial charge on any atom is -0.465 e. The molecule has 3 aliphatic carbocycles. The molecule has 1 saturated heterocycles. The van der Waals surface area contributed by atoms with E-state index in [0.717, 1.165) is 29.6 Å². The van der Waals surface area contributed by atoms with Crippen molar-refractivity contribution in [2.24, 2.45) is 29.1 Å². The summed E-state index contributed by atoms with van der Waals surface area (Å²) < 4.78 is 36.2. The second-order valence-electron chi connectivity index (χ2n) is 16.1. The van der Waals surface area contributed by atoms with E-state index in [1.807, 2.05) is 32.9 Å². The molecular weight excluding hydrogens is 668 g/mol. The fourth-order valence-corrected chi connectivity index (χ4v) is 8.57. The minimum absolute atomic E-state index is 0.0566. The fraction of sp³-hybridized carbons (Fsp3) is 0.683. The highest BCUT2D eigenvalue weighted by Crippen LogP contribution is 2.56. The van der Waals surface area contributed by atoms with E-state index in [2.05, 4.69) is 33.4 Å². The van der Waals surface area contributed by atoms with E-state index < -0.39 is 59.9 Å². The van der Waals surface area contributed by atoms with Crippen LogP contribution >= 0.6 is 0 Å². The number of aliphatic hydroxyl groups is 4. The zero-order chi connectivity index (χ0) is 38.1. The molecule has 1 aliphatic heterocycles. The third-order valence-corrected chi connectivity index (χ3v) is 11.9. The van der Waals surface area contributed by atoms with Crippen LogP contribution in [-0.4, -0.2) is 108 Å². The number of fused-ring (bicyclic) bond motifs is 2. The van der Waals surface area contributed by atoms with Gasteiger partial charge in [-0.25, -0.2) is 4.79 Å². The molecule has 0 unspecified atom stereocenters. The van der Waals surface area contributed by atoms with E-state index in [0.29, 0.717) is 18.6 Å². The molecule has 4 aliphatic rings. The number of hydrogen-bond donors (Lipinski definition) is 4. The number of esters is 1. The Balaban J connectivity index is 1.54. The first-order valence-corrected chi connectivity index (χ1v) is 18.6. The van der Waals surface area contributed by atoms with Crippen LogP contribution in [0.25, 0.3) is 0 Å². The van der Waals surface area contributed by atoms with Gasteiger partial charge in [-0.3, -0.25) is 0 Å². The van der Waals surface area contributed by atoms with Crippen LogP contribution in [-0.2, 0) is 35.0 Å². The van der Waals surface area contributed by atoms with Gasteiger partial charge in [0.2, 0.25) is 0 Å². The third-order valence-electron chi connectivity index (χ3n) is 11.9. The Morgan fingerprint density at radius 1 is 1.04 bits per heavy atom. The predicted molar refractivity (Wildman–Crippen MR) is 194 cm³/mol. The molecule has 1 saturated carbocycles. The van der Waals surface area contributed by atoms with Gasteiger partial charge in [0, 0.05) is 18.4 Å². The van der Waals surface area contributed by atoms with Crippen molar-refractivity contribution in [2.45, 2.75) is 122 Å². The van der Waals surface area contributed by atoms with Crippen LogP contribution in [0.2, 0.25) is 0 Å². The number of carbonyl (C=O) groups excluding carboxylic acids is 1. The highest BCUT2D eigenvalue weighted by Gasteiger charge is 2.56. The lowest BCUT2D eigenvalue weighted by Gasteiger charge is -2.47. The zero-order valence-corrected chi connectivity index (χ0v) is 32.0. The molecule has 0 radical (unpaired) electrons. The van der Waals surface area contributed by atoms with Crippen molar-refractivity contribution in [1.29, 1.82) is 0 Å². The average Bonchev–Trinajstić information content (AvgIpc) is 3.64.